The van der Waals surface area contributed by atoms with Gasteiger partial charge in [-0.25, -0.2) is 13.2 Å². The fourth-order valence-corrected chi connectivity index (χ4v) is 3.55. The largest absolute Gasteiger partial charge is 0.449 e. The van der Waals surface area contributed by atoms with Gasteiger partial charge in [0.15, 0.2) is 6.10 Å². The minimum Gasteiger partial charge on any atom is -0.449 e. The van der Waals surface area contributed by atoms with Crippen molar-refractivity contribution in [3.05, 3.63) is 28.8 Å². The number of nitrogens with zero attached hydrogens (tertiary/aromatic N) is 1. The first kappa shape index (κ1) is 23.4. The van der Waals surface area contributed by atoms with E-state index in [1.54, 1.807) is 13.8 Å². The van der Waals surface area contributed by atoms with Crippen molar-refractivity contribution < 1.29 is 27.5 Å². The molecule has 1 rings (SSSR count). The Morgan fingerprint density at radius 3 is 2.44 bits per heavy atom. The second-order valence-electron chi connectivity index (χ2n) is 6.09. The third kappa shape index (κ3) is 6.17. The number of esters is 1. The maximum Gasteiger partial charge on any atom is 0.340 e. The highest BCUT2D eigenvalue weighted by Crippen LogP contribution is 2.24. The Bertz CT molecular complexity index is 782. The summed E-state index contributed by atoms with van der Waals surface area (Å²) in [6.45, 7) is 5.45. The summed E-state index contributed by atoms with van der Waals surface area (Å²) in [4.78, 5) is 24.2. The summed E-state index contributed by atoms with van der Waals surface area (Å²) in [7, 11) is -0.858. The third-order valence-electron chi connectivity index (χ3n) is 3.82. The van der Waals surface area contributed by atoms with Gasteiger partial charge in [-0.1, -0.05) is 11.6 Å². The molecule has 0 aliphatic heterocycles. The van der Waals surface area contributed by atoms with Gasteiger partial charge < -0.3 is 14.8 Å². The summed E-state index contributed by atoms with van der Waals surface area (Å²) in [5, 5.41) is 2.57. The Morgan fingerprint density at radius 1 is 1.26 bits per heavy atom. The number of carbonyl (C=O) groups is 2. The van der Waals surface area contributed by atoms with Crippen molar-refractivity contribution in [2.75, 3.05) is 27.3 Å². The van der Waals surface area contributed by atoms with Gasteiger partial charge in [-0.15, -0.1) is 0 Å². The molecular formula is C17H25ClN2O6S. The number of benzene rings is 1. The minimum absolute atomic E-state index is 0.0261. The van der Waals surface area contributed by atoms with Crippen LogP contribution in [0.2, 0.25) is 5.02 Å². The van der Waals surface area contributed by atoms with Gasteiger partial charge in [-0.3, -0.25) is 4.79 Å². The van der Waals surface area contributed by atoms with Gasteiger partial charge in [-0.05, 0) is 39.0 Å². The fourth-order valence-electron chi connectivity index (χ4n) is 1.96. The molecule has 10 heteroatoms. The van der Waals surface area contributed by atoms with Gasteiger partial charge >= 0.3 is 5.97 Å². The van der Waals surface area contributed by atoms with Crippen LogP contribution in [-0.4, -0.2) is 64.1 Å². The molecule has 0 aliphatic carbocycles. The zero-order valence-electron chi connectivity index (χ0n) is 16.0. The molecule has 0 aromatic heterocycles. The summed E-state index contributed by atoms with van der Waals surface area (Å²) in [5.74, 6) is -1.39. The van der Waals surface area contributed by atoms with Crippen molar-refractivity contribution in [1.82, 2.24) is 9.62 Å². The lowest BCUT2D eigenvalue weighted by Gasteiger charge is -2.21. The molecule has 0 spiro atoms. The predicted molar refractivity (Wildman–Crippen MR) is 101 cm³/mol. The van der Waals surface area contributed by atoms with Crippen molar-refractivity contribution in [2.24, 2.45) is 0 Å². The van der Waals surface area contributed by atoms with E-state index in [1.165, 1.54) is 37.5 Å². The molecule has 1 atom stereocenters. The average molecular weight is 421 g/mol. The lowest BCUT2D eigenvalue weighted by molar-refractivity contribution is -0.129. The van der Waals surface area contributed by atoms with Crippen molar-refractivity contribution in [1.29, 1.82) is 0 Å². The molecule has 0 unspecified atom stereocenters. The smallest absolute Gasteiger partial charge is 0.340 e. The van der Waals surface area contributed by atoms with Crippen molar-refractivity contribution in [3.8, 4) is 0 Å². The monoisotopic (exact) mass is 420 g/mol. The van der Waals surface area contributed by atoms with E-state index >= 15 is 0 Å². The van der Waals surface area contributed by atoms with Crippen molar-refractivity contribution in [3.63, 3.8) is 0 Å². The molecule has 0 saturated carbocycles. The van der Waals surface area contributed by atoms with Crippen LogP contribution in [0.25, 0.3) is 0 Å². The molecule has 1 aromatic rings. The average Bonchev–Trinajstić information content (AvgIpc) is 2.60. The van der Waals surface area contributed by atoms with E-state index in [9.17, 15) is 18.0 Å². The predicted octanol–water partition coefficient (Wildman–Crippen LogP) is 1.68. The molecule has 1 N–H and O–H groups in total. The van der Waals surface area contributed by atoms with Crippen LogP contribution in [0.5, 0.6) is 0 Å². The van der Waals surface area contributed by atoms with Crippen LogP contribution in [0.3, 0.4) is 0 Å². The van der Waals surface area contributed by atoms with E-state index in [4.69, 9.17) is 21.1 Å². The number of sulfonamides is 1. The second kappa shape index (κ2) is 10.0. The van der Waals surface area contributed by atoms with E-state index in [0.717, 1.165) is 6.07 Å². The van der Waals surface area contributed by atoms with Crippen LogP contribution in [0, 0.1) is 0 Å². The fraction of sp³-hybridized carbons (Fsp3) is 0.529. The van der Waals surface area contributed by atoms with Crippen LogP contribution in [0.15, 0.2) is 23.1 Å². The normalized spacial score (nSPS) is 12.9. The van der Waals surface area contributed by atoms with Gasteiger partial charge in [-0.2, -0.15) is 4.31 Å². The maximum absolute atomic E-state index is 12.6. The van der Waals surface area contributed by atoms with E-state index in [0.29, 0.717) is 6.61 Å². The lowest BCUT2D eigenvalue weighted by atomic mass is 10.2. The first-order valence-electron chi connectivity index (χ1n) is 8.27. The Morgan fingerprint density at radius 2 is 1.89 bits per heavy atom. The summed E-state index contributed by atoms with van der Waals surface area (Å²) in [6, 6.07) is 3.50. The van der Waals surface area contributed by atoms with E-state index in [2.05, 4.69) is 5.32 Å². The van der Waals surface area contributed by atoms with Crippen LogP contribution in [-0.2, 0) is 24.3 Å². The topological polar surface area (TPSA) is 102 Å². The lowest BCUT2D eigenvalue weighted by Crippen LogP contribution is -2.37. The molecule has 152 valence electrons. The molecule has 0 radical (unpaired) electrons. The number of amides is 1. The highest BCUT2D eigenvalue weighted by atomic mass is 35.5. The number of nitrogens with one attached hydrogen (secondary N) is 1. The maximum atomic E-state index is 12.6. The van der Waals surface area contributed by atoms with Crippen LogP contribution in [0.4, 0.5) is 0 Å². The molecule has 8 nitrogen and oxygen atoms in total. The summed E-state index contributed by atoms with van der Waals surface area (Å²) < 4.78 is 36.3. The van der Waals surface area contributed by atoms with E-state index in [1.807, 2.05) is 0 Å². The number of rotatable bonds is 9. The molecule has 27 heavy (non-hydrogen) atoms. The Labute approximate surface area is 164 Å². The van der Waals surface area contributed by atoms with Gasteiger partial charge in [0.2, 0.25) is 10.0 Å². The van der Waals surface area contributed by atoms with Gasteiger partial charge in [0.05, 0.1) is 22.1 Å². The van der Waals surface area contributed by atoms with Crippen LogP contribution in [0.1, 0.15) is 31.1 Å². The molecule has 0 fully saturated rings. The molecule has 0 heterocycles. The van der Waals surface area contributed by atoms with Gasteiger partial charge in [0.1, 0.15) is 0 Å². The highest BCUT2D eigenvalue weighted by molar-refractivity contribution is 7.89. The summed E-state index contributed by atoms with van der Waals surface area (Å²) >= 11 is 6.02. The first-order chi connectivity index (χ1) is 12.5. The molecule has 0 aliphatic rings. The Hall–Kier alpha value is -1.68. The number of halogens is 1. The van der Waals surface area contributed by atoms with Crippen LogP contribution >= 0.6 is 11.6 Å². The number of hydrogen-bond acceptors (Lipinski definition) is 6. The third-order valence-corrected chi connectivity index (χ3v) is 6.18. The molecule has 0 saturated heterocycles. The number of ether oxygens (including phenoxy) is 2. The van der Waals surface area contributed by atoms with E-state index < -0.39 is 28.0 Å². The van der Waals surface area contributed by atoms with Crippen molar-refractivity contribution >= 4 is 33.5 Å². The molecule has 0 bridgehead atoms. The Balaban J connectivity index is 3.00. The zero-order chi connectivity index (χ0) is 20.8. The number of methoxy groups -OCH3 is 1. The zero-order valence-corrected chi connectivity index (χ0v) is 17.6. The highest BCUT2D eigenvalue weighted by Gasteiger charge is 2.26. The minimum atomic E-state index is -3.80. The molecule has 1 aromatic carbocycles. The number of carbonyl (C=O) groups excluding carboxylic acids is 2. The number of hydrogen-bond donors (Lipinski definition) is 1. The first-order valence-corrected chi connectivity index (χ1v) is 10.1. The second-order valence-corrected chi connectivity index (χ2v) is 8.49. The SMILES string of the molecule is COCCNC(=O)[C@H](C)OC(=O)c1cc(S(=O)(=O)N(C)C(C)C)ccc1Cl. The van der Waals surface area contributed by atoms with Gasteiger partial charge in [0, 0.05) is 26.7 Å². The van der Waals surface area contributed by atoms with Crippen LogP contribution < -0.4 is 5.32 Å². The summed E-state index contributed by atoms with van der Waals surface area (Å²) in [5.41, 5.74) is -0.133. The molecule has 1 amide bonds. The van der Waals surface area contributed by atoms with Crippen molar-refractivity contribution in [2.45, 2.75) is 37.8 Å². The van der Waals surface area contributed by atoms with E-state index in [-0.39, 0.29) is 28.1 Å². The molecular weight excluding hydrogens is 396 g/mol. The summed E-state index contributed by atoms with van der Waals surface area (Å²) in [6.07, 6.45) is -1.08. The van der Waals surface area contributed by atoms with Gasteiger partial charge in [0.25, 0.3) is 5.91 Å². The standard InChI is InChI=1S/C17H25ClN2O6S/c1-11(2)20(4)27(23,24)13-6-7-15(18)14(10-13)17(22)26-12(3)16(21)19-8-9-25-5/h6-7,10-12H,8-9H2,1-5H3,(H,19,21)/t12-/m0/s1. The quantitative estimate of drug-likeness (QED) is 0.481. The Kier molecular flexibility index (Phi) is 8.67.